The summed E-state index contributed by atoms with van der Waals surface area (Å²) in [5, 5.41) is 17.1. The zero-order chi connectivity index (χ0) is 14.8. The molecule has 0 amide bonds. The third-order valence-electron chi connectivity index (χ3n) is 3.75. The maximum absolute atomic E-state index is 10.0. The van der Waals surface area contributed by atoms with Crippen LogP contribution in [0, 0.1) is 5.92 Å². The fourth-order valence-corrected chi connectivity index (χ4v) is 2.33. The van der Waals surface area contributed by atoms with Crippen LogP contribution in [0.5, 0.6) is 0 Å². The topological polar surface area (TPSA) is 92.0 Å². The van der Waals surface area contributed by atoms with Crippen molar-refractivity contribution in [1.82, 2.24) is 24.7 Å². The van der Waals surface area contributed by atoms with Crippen LogP contribution in [0.25, 0.3) is 5.95 Å². The minimum absolute atomic E-state index is 0.303. The lowest BCUT2D eigenvalue weighted by Crippen LogP contribution is -2.43. The highest BCUT2D eigenvalue weighted by Crippen LogP contribution is 2.21. The average Bonchev–Trinajstić information content (AvgIpc) is 3.04. The van der Waals surface area contributed by atoms with Crippen LogP contribution < -0.4 is 10.2 Å². The maximum Gasteiger partial charge on any atom is 0.257 e. The van der Waals surface area contributed by atoms with E-state index in [0.717, 1.165) is 13.0 Å². The van der Waals surface area contributed by atoms with Gasteiger partial charge in [-0.2, -0.15) is 20.1 Å². The lowest BCUT2D eigenvalue weighted by Gasteiger charge is -2.34. The van der Waals surface area contributed by atoms with Crippen LogP contribution in [0.1, 0.15) is 13.3 Å². The van der Waals surface area contributed by atoms with Gasteiger partial charge in [0.1, 0.15) is 0 Å². The number of aromatic nitrogens is 5. The van der Waals surface area contributed by atoms with E-state index in [2.05, 4.69) is 32.3 Å². The van der Waals surface area contributed by atoms with E-state index >= 15 is 0 Å². The fraction of sp³-hybridized carbons (Fsp3) is 0.538. The van der Waals surface area contributed by atoms with E-state index in [1.807, 2.05) is 11.0 Å². The number of piperidine rings is 1. The number of nitrogens with one attached hydrogen (secondary N) is 1. The van der Waals surface area contributed by atoms with Gasteiger partial charge >= 0.3 is 0 Å². The van der Waals surface area contributed by atoms with Crippen molar-refractivity contribution >= 4 is 11.9 Å². The van der Waals surface area contributed by atoms with Crippen molar-refractivity contribution in [3.05, 3.63) is 18.5 Å². The Labute approximate surface area is 122 Å². The molecule has 1 saturated heterocycles. The first-order chi connectivity index (χ1) is 10.2. The molecule has 1 aliphatic heterocycles. The quantitative estimate of drug-likeness (QED) is 0.840. The second-order valence-electron chi connectivity index (χ2n) is 5.24. The smallest absolute Gasteiger partial charge is 0.257 e. The van der Waals surface area contributed by atoms with Gasteiger partial charge in [-0.3, -0.25) is 0 Å². The van der Waals surface area contributed by atoms with Crippen molar-refractivity contribution in [3.8, 4) is 5.95 Å². The Morgan fingerprint density at radius 1 is 1.29 bits per heavy atom. The van der Waals surface area contributed by atoms with Crippen molar-refractivity contribution in [2.45, 2.75) is 19.4 Å². The Hall–Kier alpha value is -2.22. The summed E-state index contributed by atoms with van der Waals surface area (Å²) in [6.45, 7) is 3.42. The molecular weight excluding hydrogens is 270 g/mol. The van der Waals surface area contributed by atoms with E-state index in [1.165, 1.54) is 0 Å². The molecule has 3 rings (SSSR count). The predicted molar refractivity (Wildman–Crippen MR) is 78.5 cm³/mol. The Kier molecular flexibility index (Phi) is 3.70. The lowest BCUT2D eigenvalue weighted by atomic mass is 9.96. The van der Waals surface area contributed by atoms with Crippen molar-refractivity contribution < 1.29 is 5.11 Å². The fourth-order valence-electron chi connectivity index (χ4n) is 2.33. The third kappa shape index (κ3) is 2.80. The molecule has 3 heterocycles. The molecule has 8 heteroatoms. The summed E-state index contributed by atoms with van der Waals surface area (Å²) < 4.78 is 1.59. The van der Waals surface area contributed by atoms with Gasteiger partial charge in [0.15, 0.2) is 0 Å². The number of nitrogens with zero attached hydrogens (tertiary/aromatic N) is 6. The van der Waals surface area contributed by atoms with Crippen molar-refractivity contribution in [3.63, 3.8) is 0 Å². The van der Waals surface area contributed by atoms with Gasteiger partial charge in [0.05, 0.1) is 6.10 Å². The molecule has 0 bridgehead atoms. The highest BCUT2D eigenvalue weighted by Gasteiger charge is 2.26. The molecule has 2 N–H and O–H groups in total. The van der Waals surface area contributed by atoms with E-state index in [9.17, 15) is 5.11 Å². The molecule has 1 fully saturated rings. The van der Waals surface area contributed by atoms with Crippen LogP contribution >= 0.6 is 0 Å². The summed E-state index contributed by atoms with van der Waals surface area (Å²) in [6, 6.07) is 1.81. The van der Waals surface area contributed by atoms with Gasteiger partial charge in [0, 0.05) is 32.5 Å². The molecule has 112 valence electrons. The van der Waals surface area contributed by atoms with E-state index in [0.29, 0.717) is 30.3 Å². The van der Waals surface area contributed by atoms with Gasteiger partial charge < -0.3 is 15.3 Å². The monoisotopic (exact) mass is 289 g/mol. The van der Waals surface area contributed by atoms with Gasteiger partial charge in [0.2, 0.25) is 11.9 Å². The lowest BCUT2D eigenvalue weighted by molar-refractivity contribution is 0.102. The number of aliphatic hydroxyl groups is 1. The molecule has 0 spiro atoms. The summed E-state index contributed by atoms with van der Waals surface area (Å²) in [5.41, 5.74) is 0. The normalized spacial score (nSPS) is 22.3. The minimum Gasteiger partial charge on any atom is -0.391 e. The standard InChI is InChI=1S/C13H19N7O/c1-9-4-7-19(8-10(9)21)12-16-11(14-2)17-13(18-12)20-6-3-5-15-20/h3,5-6,9-10,21H,4,7-8H2,1-2H3,(H,14,16,17,18). The average molecular weight is 289 g/mol. The minimum atomic E-state index is -0.360. The van der Waals surface area contributed by atoms with Crippen molar-refractivity contribution in [1.29, 1.82) is 0 Å². The van der Waals surface area contributed by atoms with Crippen LogP contribution in [0.3, 0.4) is 0 Å². The van der Waals surface area contributed by atoms with E-state index < -0.39 is 0 Å². The molecule has 2 aromatic heterocycles. The van der Waals surface area contributed by atoms with Gasteiger partial charge in [-0.1, -0.05) is 6.92 Å². The molecule has 2 aromatic rings. The van der Waals surface area contributed by atoms with Crippen LogP contribution in [0.15, 0.2) is 18.5 Å². The van der Waals surface area contributed by atoms with Crippen molar-refractivity contribution in [2.24, 2.45) is 5.92 Å². The summed E-state index contributed by atoms with van der Waals surface area (Å²) in [4.78, 5) is 15.1. The third-order valence-corrected chi connectivity index (χ3v) is 3.75. The molecular formula is C13H19N7O. The molecule has 0 aromatic carbocycles. The molecule has 0 aliphatic carbocycles. The van der Waals surface area contributed by atoms with E-state index in [1.54, 1.807) is 24.1 Å². The second-order valence-corrected chi connectivity index (χ2v) is 5.24. The number of anilines is 2. The molecule has 21 heavy (non-hydrogen) atoms. The summed E-state index contributed by atoms with van der Waals surface area (Å²) in [5.74, 6) is 1.81. The first-order valence-electron chi connectivity index (χ1n) is 7.04. The van der Waals surface area contributed by atoms with E-state index in [4.69, 9.17) is 0 Å². The maximum atomic E-state index is 10.0. The van der Waals surface area contributed by atoms with Crippen LogP contribution in [0.4, 0.5) is 11.9 Å². The Balaban J connectivity index is 1.93. The number of hydrogen-bond acceptors (Lipinski definition) is 7. The highest BCUT2D eigenvalue weighted by molar-refractivity contribution is 5.40. The number of aliphatic hydroxyl groups excluding tert-OH is 1. The van der Waals surface area contributed by atoms with Crippen LogP contribution in [0.2, 0.25) is 0 Å². The zero-order valence-electron chi connectivity index (χ0n) is 12.1. The molecule has 2 atom stereocenters. The van der Waals surface area contributed by atoms with Gasteiger partial charge in [-0.05, 0) is 18.4 Å². The number of β-amino-alcohol motifs (C(OH)–C–C–N with tert-alkyl or cyclic N) is 1. The summed E-state index contributed by atoms with van der Waals surface area (Å²) in [7, 11) is 1.76. The summed E-state index contributed by atoms with van der Waals surface area (Å²) in [6.07, 6.45) is 4.01. The Morgan fingerprint density at radius 2 is 2.10 bits per heavy atom. The second kappa shape index (κ2) is 5.65. The number of rotatable bonds is 3. The Bertz CT molecular complexity index is 601. The van der Waals surface area contributed by atoms with Gasteiger partial charge in [-0.25, -0.2) is 4.68 Å². The van der Waals surface area contributed by atoms with Crippen LogP contribution in [-0.2, 0) is 0 Å². The molecule has 8 nitrogen and oxygen atoms in total. The van der Waals surface area contributed by atoms with Gasteiger partial charge in [0.25, 0.3) is 5.95 Å². The molecule has 0 radical (unpaired) electrons. The van der Waals surface area contributed by atoms with Gasteiger partial charge in [-0.15, -0.1) is 0 Å². The SMILES string of the molecule is CNc1nc(N2CCC(C)C(O)C2)nc(-n2cccn2)n1. The first kappa shape index (κ1) is 13.7. The zero-order valence-corrected chi connectivity index (χ0v) is 12.1. The molecule has 1 aliphatic rings. The van der Waals surface area contributed by atoms with Crippen LogP contribution in [-0.4, -0.2) is 56.1 Å². The van der Waals surface area contributed by atoms with Crippen molar-refractivity contribution in [2.75, 3.05) is 30.4 Å². The first-order valence-corrected chi connectivity index (χ1v) is 7.04. The highest BCUT2D eigenvalue weighted by atomic mass is 16.3. The van der Waals surface area contributed by atoms with E-state index in [-0.39, 0.29) is 6.10 Å². The molecule has 2 unspecified atom stereocenters. The summed E-state index contributed by atoms with van der Waals surface area (Å²) >= 11 is 0. The number of hydrogen-bond donors (Lipinski definition) is 2. The Morgan fingerprint density at radius 3 is 2.76 bits per heavy atom. The molecule has 0 saturated carbocycles. The largest absolute Gasteiger partial charge is 0.391 e. The predicted octanol–water partition coefficient (Wildman–Crippen LogP) is 0.306.